The van der Waals surface area contributed by atoms with Crippen LogP contribution in [0.3, 0.4) is 0 Å². The highest BCUT2D eigenvalue weighted by atomic mass is 19.4. The van der Waals surface area contributed by atoms with Gasteiger partial charge in [-0.15, -0.1) is 0 Å². The van der Waals surface area contributed by atoms with Gasteiger partial charge in [-0.25, -0.2) is 4.39 Å². The summed E-state index contributed by atoms with van der Waals surface area (Å²) in [5.74, 6) is -1.33. The first kappa shape index (κ1) is 32.8. The molecule has 2 heterocycles. The van der Waals surface area contributed by atoms with Gasteiger partial charge < -0.3 is 9.80 Å². The topological polar surface area (TPSA) is 43.9 Å². The molecule has 2 amide bonds. The molecule has 0 aliphatic carbocycles. The number of hydrogen-bond donors (Lipinski definition) is 0. The zero-order valence-electron chi connectivity index (χ0n) is 24.5. The van der Waals surface area contributed by atoms with Crippen molar-refractivity contribution in [1.82, 2.24) is 14.7 Å². The van der Waals surface area contributed by atoms with E-state index in [1.54, 1.807) is 17.0 Å². The molecule has 12 heteroatoms. The zero-order chi connectivity index (χ0) is 31.9. The van der Waals surface area contributed by atoms with Gasteiger partial charge in [-0.3, -0.25) is 14.5 Å². The van der Waals surface area contributed by atoms with Crippen LogP contribution in [-0.2, 0) is 27.4 Å². The van der Waals surface area contributed by atoms with Crippen LogP contribution in [0.2, 0.25) is 0 Å². The average Bonchev–Trinajstić information content (AvgIpc) is 2.95. The number of likely N-dealkylation sites (tertiary alicyclic amines) is 2. The number of hydrogen-bond acceptors (Lipinski definition) is 3. The molecule has 0 unspecified atom stereocenters. The molecule has 0 N–H and O–H groups in total. The molecule has 2 aliphatic heterocycles. The van der Waals surface area contributed by atoms with E-state index >= 15 is 0 Å². The van der Waals surface area contributed by atoms with E-state index in [1.807, 2.05) is 0 Å². The number of benzene rings is 2. The van der Waals surface area contributed by atoms with Crippen molar-refractivity contribution in [1.29, 1.82) is 0 Å². The first-order chi connectivity index (χ1) is 19.9. The van der Waals surface area contributed by atoms with Gasteiger partial charge >= 0.3 is 12.4 Å². The summed E-state index contributed by atoms with van der Waals surface area (Å²) in [7, 11) is 1.52. The van der Waals surface area contributed by atoms with Crippen molar-refractivity contribution in [2.75, 3.05) is 33.2 Å². The van der Waals surface area contributed by atoms with Crippen molar-refractivity contribution in [2.24, 2.45) is 0 Å². The molecule has 4 rings (SSSR count). The van der Waals surface area contributed by atoms with Crippen LogP contribution in [0, 0.1) is 5.82 Å². The number of amides is 2. The molecule has 2 aromatic carbocycles. The first-order valence-electron chi connectivity index (χ1n) is 14.2. The molecular weight excluding hydrogens is 579 g/mol. The SMILES string of the molecule is CC(=O)N1CCC(N2CC[C@H](N(C)C(=O)C(C)(C)c3cc(C(F)(F)F)cc(C(F)(F)F)c3)[C@@H](c3ccc(F)cc3)C2)CC1. The van der Waals surface area contributed by atoms with Crippen molar-refractivity contribution >= 4 is 11.8 Å². The van der Waals surface area contributed by atoms with Gasteiger partial charge in [-0.1, -0.05) is 12.1 Å². The molecule has 2 aliphatic rings. The number of alkyl halides is 6. The number of carbonyl (C=O) groups is 2. The lowest BCUT2D eigenvalue weighted by Crippen LogP contribution is -2.56. The minimum atomic E-state index is -5.04. The summed E-state index contributed by atoms with van der Waals surface area (Å²) in [6.07, 6.45) is -8.04. The van der Waals surface area contributed by atoms with Gasteiger partial charge in [0.15, 0.2) is 0 Å². The third-order valence-corrected chi connectivity index (χ3v) is 8.99. The monoisotopic (exact) mass is 615 g/mol. The van der Waals surface area contributed by atoms with Crippen molar-refractivity contribution in [3.63, 3.8) is 0 Å². The Morgan fingerprint density at radius 1 is 0.814 bits per heavy atom. The summed E-state index contributed by atoms with van der Waals surface area (Å²) in [5.41, 5.74) is -4.30. The third kappa shape index (κ3) is 7.16. The van der Waals surface area contributed by atoms with Crippen molar-refractivity contribution in [3.05, 3.63) is 70.5 Å². The van der Waals surface area contributed by atoms with Crippen molar-refractivity contribution in [3.8, 4) is 0 Å². The Morgan fingerprint density at radius 2 is 1.33 bits per heavy atom. The molecule has 0 saturated carbocycles. The summed E-state index contributed by atoms with van der Waals surface area (Å²) in [6, 6.07) is 6.94. The van der Waals surface area contributed by atoms with Gasteiger partial charge in [0.05, 0.1) is 16.5 Å². The maximum absolute atomic E-state index is 14.0. The Kier molecular flexibility index (Phi) is 9.21. The number of rotatable bonds is 5. The fraction of sp³-hybridized carbons (Fsp3) is 0.548. The van der Waals surface area contributed by atoms with E-state index in [4.69, 9.17) is 0 Å². The molecule has 236 valence electrons. The summed E-state index contributed by atoms with van der Waals surface area (Å²) in [6.45, 7) is 6.57. The lowest BCUT2D eigenvalue weighted by atomic mass is 9.79. The Morgan fingerprint density at radius 3 is 1.81 bits per heavy atom. The van der Waals surface area contributed by atoms with Gasteiger partial charge in [0.25, 0.3) is 0 Å². The third-order valence-electron chi connectivity index (χ3n) is 8.99. The minimum absolute atomic E-state index is 0.0206. The molecule has 5 nitrogen and oxygen atoms in total. The lowest BCUT2D eigenvalue weighted by Gasteiger charge is -2.48. The van der Waals surface area contributed by atoms with E-state index in [-0.39, 0.29) is 29.5 Å². The minimum Gasteiger partial charge on any atom is -0.343 e. The number of carbonyl (C=O) groups excluding carboxylic acids is 2. The number of likely N-dealkylation sites (N-methyl/N-ethyl adjacent to an activating group) is 1. The van der Waals surface area contributed by atoms with E-state index in [0.29, 0.717) is 44.7 Å². The molecular formula is C31H36F7N3O2. The standard InChI is InChI=1S/C31H36F7N3O2/c1-19(42)40-12-9-25(10-13-40)41-14-11-27(26(18-41)20-5-7-24(32)8-6-20)39(4)28(43)29(2,3)21-15-22(30(33,34)35)17-23(16-21)31(36,37)38/h5-8,15-17,25-27H,9-14,18H2,1-4H3/t26-,27+/m1/s1. The van der Waals surface area contributed by atoms with E-state index < -0.39 is 46.7 Å². The van der Waals surface area contributed by atoms with E-state index in [9.17, 15) is 40.3 Å². The van der Waals surface area contributed by atoms with Gasteiger partial charge in [-0.2, -0.15) is 26.3 Å². The molecule has 0 spiro atoms. The van der Waals surface area contributed by atoms with Gasteiger partial charge in [0.1, 0.15) is 5.82 Å². The van der Waals surface area contributed by atoms with Gasteiger partial charge in [0, 0.05) is 58.2 Å². The Bertz CT molecular complexity index is 1280. The molecule has 43 heavy (non-hydrogen) atoms. The first-order valence-corrected chi connectivity index (χ1v) is 14.2. The molecule has 0 aromatic heterocycles. The summed E-state index contributed by atoms with van der Waals surface area (Å²) in [5, 5.41) is 0. The van der Waals surface area contributed by atoms with Gasteiger partial charge in [0.2, 0.25) is 11.8 Å². The Labute approximate surface area is 246 Å². The second-order valence-corrected chi connectivity index (χ2v) is 12.1. The smallest absolute Gasteiger partial charge is 0.343 e. The summed E-state index contributed by atoms with van der Waals surface area (Å²) < 4.78 is 95.3. The second-order valence-electron chi connectivity index (χ2n) is 12.1. The van der Waals surface area contributed by atoms with Crippen LogP contribution in [0.1, 0.15) is 68.2 Å². The molecule has 2 aromatic rings. The molecule has 2 fully saturated rings. The van der Waals surface area contributed by atoms with Gasteiger partial charge in [-0.05, 0) is 74.6 Å². The van der Waals surface area contributed by atoms with Crippen LogP contribution in [0.15, 0.2) is 42.5 Å². The molecule has 2 saturated heterocycles. The van der Waals surface area contributed by atoms with Crippen LogP contribution in [0.4, 0.5) is 30.7 Å². The van der Waals surface area contributed by atoms with Crippen molar-refractivity contribution in [2.45, 2.75) is 75.8 Å². The normalized spacial score (nSPS) is 21.1. The van der Waals surface area contributed by atoms with Crippen molar-refractivity contribution < 1.29 is 40.3 Å². The van der Waals surface area contributed by atoms with E-state index in [2.05, 4.69) is 4.90 Å². The fourth-order valence-corrected chi connectivity index (χ4v) is 6.37. The Balaban J connectivity index is 1.63. The largest absolute Gasteiger partial charge is 0.416 e. The van der Waals surface area contributed by atoms with Crippen LogP contribution >= 0.6 is 0 Å². The maximum Gasteiger partial charge on any atom is 0.416 e. The number of halogens is 7. The van der Waals surface area contributed by atoms with E-state index in [1.165, 1.54) is 44.9 Å². The maximum atomic E-state index is 14.0. The van der Waals surface area contributed by atoms with Crippen LogP contribution < -0.4 is 0 Å². The predicted molar refractivity (Wildman–Crippen MR) is 147 cm³/mol. The van der Waals surface area contributed by atoms with Crippen LogP contribution in [0.25, 0.3) is 0 Å². The highest BCUT2D eigenvalue weighted by Crippen LogP contribution is 2.41. The quantitative estimate of drug-likeness (QED) is 0.363. The highest BCUT2D eigenvalue weighted by molar-refractivity contribution is 5.87. The molecule has 0 radical (unpaired) electrons. The average molecular weight is 616 g/mol. The summed E-state index contributed by atoms with van der Waals surface area (Å²) in [4.78, 5) is 31.3. The van der Waals surface area contributed by atoms with Crippen LogP contribution in [-0.4, -0.2) is 71.8 Å². The summed E-state index contributed by atoms with van der Waals surface area (Å²) >= 11 is 0. The zero-order valence-corrected chi connectivity index (χ0v) is 24.5. The predicted octanol–water partition coefficient (Wildman–Crippen LogP) is 6.47. The molecule has 0 bridgehead atoms. The van der Waals surface area contributed by atoms with E-state index in [0.717, 1.165) is 18.4 Å². The van der Waals surface area contributed by atoms with Crippen LogP contribution in [0.5, 0.6) is 0 Å². The lowest BCUT2D eigenvalue weighted by molar-refractivity contribution is -0.144. The second kappa shape index (κ2) is 12.1. The molecule has 2 atom stereocenters. The number of piperidine rings is 2. The Hall–Kier alpha value is -3.15. The number of nitrogens with zero attached hydrogens (tertiary/aromatic N) is 3. The highest BCUT2D eigenvalue weighted by Gasteiger charge is 2.44. The fourth-order valence-electron chi connectivity index (χ4n) is 6.37.